The van der Waals surface area contributed by atoms with Gasteiger partial charge in [0.2, 0.25) is 0 Å². The summed E-state index contributed by atoms with van der Waals surface area (Å²) in [5.41, 5.74) is 2.19. The van der Waals surface area contributed by atoms with Gasteiger partial charge < -0.3 is 14.9 Å². The third-order valence-corrected chi connectivity index (χ3v) is 11.5. The van der Waals surface area contributed by atoms with E-state index >= 15 is 0 Å². The molecule has 3 saturated carbocycles. The fraction of sp³-hybridized carbons (Fsp3) is 0.929. The van der Waals surface area contributed by atoms with Crippen molar-refractivity contribution in [2.45, 2.75) is 110 Å². The molecule has 0 aromatic rings. The van der Waals surface area contributed by atoms with Crippen LogP contribution in [0.5, 0.6) is 0 Å². The summed E-state index contributed by atoms with van der Waals surface area (Å²) in [5, 5.41) is 21.5. The van der Waals surface area contributed by atoms with Gasteiger partial charge in [-0.15, -0.1) is 0 Å². The van der Waals surface area contributed by atoms with Crippen LogP contribution in [0, 0.1) is 46.3 Å². The first-order valence-electron chi connectivity index (χ1n) is 13.3. The van der Waals surface area contributed by atoms with Crippen molar-refractivity contribution >= 4 is 0 Å². The van der Waals surface area contributed by atoms with Crippen LogP contribution in [0.2, 0.25) is 0 Å². The first-order chi connectivity index (χ1) is 14.6. The Morgan fingerprint density at radius 3 is 2.48 bits per heavy atom. The average Bonchev–Trinajstić information content (AvgIpc) is 3.42. The van der Waals surface area contributed by atoms with Crippen LogP contribution in [0.1, 0.15) is 92.4 Å². The normalized spacial score (nSPS) is 50.8. The average molecular weight is 431 g/mol. The molecule has 3 heteroatoms. The fourth-order valence-corrected chi connectivity index (χ4v) is 9.13. The third kappa shape index (κ3) is 3.39. The predicted molar refractivity (Wildman–Crippen MR) is 125 cm³/mol. The minimum absolute atomic E-state index is 0.0606. The second-order valence-corrected chi connectivity index (χ2v) is 13.0. The molecule has 0 aromatic carbocycles. The molecule has 3 nitrogen and oxygen atoms in total. The van der Waals surface area contributed by atoms with E-state index in [1.807, 2.05) is 0 Å². The number of fused-ring (bicyclic) bond motifs is 5. The largest absolute Gasteiger partial charge is 0.393 e. The SMILES string of the molecule is CC(C)[C@]1(C[C@H](O)[C@@H](C)[C@H]2CCC3C4CC=C5C[C@@H](O)CC[C@]5(C)C4CC[C@@]32C)CO1. The Morgan fingerprint density at radius 1 is 1.06 bits per heavy atom. The van der Waals surface area contributed by atoms with E-state index in [-0.39, 0.29) is 17.8 Å². The topological polar surface area (TPSA) is 53.0 Å². The van der Waals surface area contributed by atoms with Gasteiger partial charge in [-0.2, -0.15) is 0 Å². The molecule has 0 aromatic heterocycles. The van der Waals surface area contributed by atoms with Crippen LogP contribution in [0.3, 0.4) is 0 Å². The Bertz CT molecular complexity index is 724. The molecule has 0 radical (unpaired) electrons. The van der Waals surface area contributed by atoms with Gasteiger partial charge in [0.05, 0.1) is 24.4 Å². The van der Waals surface area contributed by atoms with E-state index in [0.29, 0.717) is 28.6 Å². The number of ether oxygens (including phenoxy) is 1. The highest BCUT2D eigenvalue weighted by Gasteiger charge is 2.60. The summed E-state index contributed by atoms with van der Waals surface area (Å²) in [6.07, 6.45) is 12.5. The molecule has 1 heterocycles. The van der Waals surface area contributed by atoms with Crippen molar-refractivity contribution in [1.82, 2.24) is 0 Å². The maximum absolute atomic E-state index is 11.2. The number of epoxide rings is 1. The molecule has 5 rings (SSSR count). The minimum atomic E-state index is -0.251. The second kappa shape index (κ2) is 7.57. The maximum Gasteiger partial charge on any atom is 0.0963 e. The summed E-state index contributed by atoms with van der Waals surface area (Å²) in [7, 11) is 0. The summed E-state index contributed by atoms with van der Waals surface area (Å²) in [4.78, 5) is 0. The molecule has 4 aliphatic carbocycles. The first-order valence-corrected chi connectivity index (χ1v) is 13.3. The van der Waals surface area contributed by atoms with Crippen LogP contribution in [0.15, 0.2) is 11.6 Å². The van der Waals surface area contributed by atoms with E-state index in [0.717, 1.165) is 43.6 Å². The molecule has 3 unspecified atom stereocenters. The molecular formula is C28H46O3. The number of rotatable bonds is 5. The van der Waals surface area contributed by atoms with Crippen LogP contribution in [-0.4, -0.2) is 34.6 Å². The Balaban J connectivity index is 1.33. The van der Waals surface area contributed by atoms with Gasteiger partial charge in [0, 0.05) is 6.42 Å². The van der Waals surface area contributed by atoms with Crippen molar-refractivity contribution in [2.24, 2.45) is 46.3 Å². The maximum atomic E-state index is 11.2. The van der Waals surface area contributed by atoms with Crippen LogP contribution < -0.4 is 0 Å². The lowest BCUT2D eigenvalue weighted by Gasteiger charge is -2.58. The summed E-state index contributed by atoms with van der Waals surface area (Å²) >= 11 is 0. The van der Waals surface area contributed by atoms with E-state index in [1.54, 1.807) is 5.57 Å². The Kier molecular flexibility index (Phi) is 5.47. The fourth-order valence-electron chi connectivity index (χ4n) is 9.13. The van der Waals surface area contributed by atoms with Crippen molar-refractivity contribution in [2.75, 3.05) is 6.61 Å². The van der Waals surface area contributed by atoms with E-state index in [4.69, 9.17) is 4.74 Å². The smallest absolute Gasteiger partial charge is 0.0963 e. The summed E-state index contributed by atoms with van der Waals surface area (Å²) in [6, 6.07) is 0. The zero-order chi connectivity index (χ0) is 22.2. The lowest BCUT2D eigenvalue weighted by molar-refractivity contribution is -0.0702. The van der Waals surface area contributed by atoms with E-state index in [1.165, 1.54) is 38.5 Å². The molecule has 5 aliphatic rings. The van der Waals surface area contributed by atoms with Crippen LogP contribution in [0.4, 0.5) is 0 Å². The monoisotopic (exact) mass is 430 g/mol. The van der Waals surface area contributed by atoms with Gasteiger partial charge in [0.25, 0.3) is 0 Å². The predicted octanol–water partition coefficient (Wildman–Crippen LogP) is 5.74. The molecule has 4 fully saturated rings. The number of hydrogen-bond donors (Lipinski definition) is 2. The molecule has 0 spiro atoms. The molecule has 176 valence electrons. The van der Waals surface area contributed by atoms with Gasteiger partial charge in [-0.3, -0.25) is 0 Å². The number of allylic oxidation sites excluding steroid dienone is 1. The van der Waals surface area contributed by atoms with Crippen LogP contribution in [-0.2, 0) is 4.74 Å². The van der Waals surface area contributed by atoms with Crippen molar-refractivity contribution in [1.29, 1.82) is 0 Å². The van der Waals surface area contributed by atoms with Crippen molar-refractivity contribution in [3.8, 4) is 0 Å². The highest BCUT2D eigenvalue weighted by molar-refractivity contribution is 5.25. The molecule has 0 amide bonds. The van der Waals surface area contributed by atoms with Gasteiger partial charge >= 0.3 is 0 Å². The van der Waals surface area contributed by atoms with E-state index in [2.05, 4.69) is 40.7 Å². The van der Waals surface area contributed by atoms with Gasteiger partial charge in [0.1, 0.15) is 0 Å². The molecule has 31 heavy (non-hydrogen) atoms. The lowest BCUT2D eigenvalue weighted by atomic mass is 9.47. The van der Waals surface area contributed by atoms with Crippen LogP contribution in [0.25, 0.3) is 0 Å². The van der Waals surface area contributed by atoms with Gasteiger partial charge in [0.15, 0.2) is 0 Å². The van der Waals surface area contributed by atoms with Gasteiger partial charge in [-0.1, -0.05) is 46.3 Å². The molecule has 2 N–H and O–H groups in total. The zero-order valence-corrected chi connectivity index (χ0v) is 20.6. The quantitative estimate of drug-likeness (QED) is 0.432. The van der Waals surface area contributed by atoms with Gasteiger partial charge in [-0.05, 0) is 97.7 Å². The Labute approximate surface area is 190 Å². The number of hydrogen-bond acceptors (Lipinski definition) is 3. The number of aliphatic hydroxyl groups excluding tert-OH is 2. The summed E-state index contributed by atoms with van der Waals surface area (Å²) < 4.78 is 5.83. The zero-order valence-electron chi connectivity index (χ0n) is 20.6. The summed E-state index contributed by atoms with van der Waals surface area (Å²) in [5.74, 6) is 3.84. The van der Waals surface area contributed by atoms with Crippen molar-refractivity contribution < 1.29 is 14.9 Å². The second-order valence-electron chi connectivity index (χ2n) is 13.0. The molecule has 1 aliphatic heterocycles. The molecule has 0 bridgehead atoms. The minimum Gasteiger partial charge on any atom is -0.393 e. The third-order valence-electron chi connectivity index (χ3n) is 11.5. The molecular weight excluding hydrogens is 384 g/mol. The van der Waals surface area contributed by atoms with E-state index in [9.17, 15) is 10.2 Å². The standard InChI is InChI=1S/C28H46O3/c1-17(2)28(16-31-28)15-25(30)18(3)22-8-9-23-21-7-6-19-14-20(29)10-12-26(19,4)24(21)11-13-27(22,23)5/h6,17-18,20-25,29-30H,7-16H2,1-5H3/t18-,20-,21?,22+,23?,24?,25-,26-,27+,28-/m0/s1. The van der Waals surface area contributed by atoms with Crippen molar-refractivity contribution in [3.05, 3.63) is 11.6 Å². The highest BCUT2D eigenvalue weighted by Crippen LogP contribution is 2.67. The highest BCUT2D eigenvalue weighted by atomic mass is 16.6. The molecule has 10 atom stereocenters. The van der Waals surface area contributed by atoms with Gasteiger partial charge in [-0.25, -0.2) is 0 Å². The van der Waals surface area contributed by atoms with Crippen LogP contribution >= 0.6 is 0 Å². The first kappa shape index (κ1) is 22.4. The lowest BCUT2D eigenvalue weighted by Crippen LogP contribution is -2.51. The Morgan fingerprint density at radius 2 is 1.81 bits per heavy atom. The summed E-state index contributed by atoms with van der Waals surface area (Å²) in [6.45, 7) is 12.7. The molecule has 1 saturated heterocycles. The Hall–Kier alpha value is -0.380. The van der Waals surface area contributed by atoms with E-state index < -0.39 is 0 Å². The van der Waals surface area contributed by atoms with Crippen molar-refractivity contribution in [3.63, 3.8) is 0 Å². The number of aliphatic hydroxyl groups is 2.